The van der Waals surface area contributed by atoms with Crippen molar-refractivity contribution in [2.45, 2.75) is 30.3 Å². The van der Waals surface area contributed by atoms with Crippen molar-refractivity contribution in [3.05, 3.63) is 24.0 Å². The molecule has 19 heavy (non-hydrogen) atoms. The lowest BCUT2D eigenvalue weighted by Gasteiger charge is -2.11. The molecule has 1 heterocycles. The number of rotatable bonds is 5. The van der Waals surface area contributed by atoms with Gasteiger partial charge in [0.25, 0.3) is 0 Å². The third-order valence-corrected chi connectivity index (χ3v) is 4.52. The molecule has 3 N–H and O–H groups in total. The zero-order valence-corrected chi connectivity index (χ0v) is 11.2. The molecular formula is C12H17FN2O3S. The topological polar surface area (TPSA) is 81.4 Å². The monoisotopic (exact) mass is 288 g/mol. The first kappa shape index (κ1) is 14.2. The maximum absolute atomic E-state index is 13.0. The van der Waals surface area contributed by atoms with Gasteiger partial charge in [0.15, 0.2) is 0 Å². The van der Waals surface area contributed by atoms with Crippen LogP contribution in [0.2, 0.25) is 0 Å². The lowest BCUT2D eigenvalue weighted by molar-refractivity contribution is 0.105. The third kappa shape index (κ3) is 3.65. The summed E-state index contributed by atoms with van der Waals surface area (Å²) >= 11 is 0. The molecule has 5 nitrogen and oxygen atoms in total. The number of ether oxygens (including phenoxy) is 1. The number of nitrogens with one attached hydrogen (secondary N) is 1. The highest BCUT2D eigenvalue weighted by atomic mass is 32.2. The summed E-state index contributed by atoms with van der Waals surface area (Å²) in [5.74, 6) is -0.627. The van der Waals surface area contributed by atoms with Gasteiger partial charge in [-0.2, -0.15) is 0 Å². The van der Waals surface area contributed by atoms with E-state index in [1.807, 2.05) is 0 Å². The van der Waals surface area contributed by atoms with E-state index >= 15 is 0 Å². The maximum atomic E-state index is 13.0. The number of nitrogen functional groups attached to an aromatic ring is 1. The molecule has 0 radical (unpaired) electrons. The Kier molecular flexibility index (Phi) is 4.38. The van der Waals surface area contributed by atoms with E-state index < -0.39 is 15.8 Å². The van der Waals surface area contributed by atoms with Crippen molar-refractivity contribution in [2.75, 3.05) is 18.9 Å². The van der Waals surface area contributed by atoms with E-state index in [0.717, 1.165) is 31.6 Å². The molecule has 1 fully saturated rings. The summed E-state index contributed by atoms with van der Waals surface area (Å²) in [5.41, 5.74) is 5.18. The number of halogens is 1. The van der Waals surface area contributed by atoms with Crippen molar-refractivity contribution in [1.29, 1.82) is 0 Å². The molecule has 0 amide bonds. The molecule has 2 rings (SSSR count). The number of hydrogen-bond acceptors (Lipinski definition) is 4. The largest absolute Gasteiger partial charge is 0.396 e. The number of anilines is 1. The second-order valence-corrected chi connectivity index (χ2v) is 6.27. The summed E-state index contributed by atoms with van der Waals surface area (Å²) in [5, 5.41) is 0. The Morgan fingerprint density at radius 3 is 2.89 bits per heavy atom. The highest BCUT2D eigenvalue weighted by Crippen LogP contribution is 2.17. The molecule has 1 atom stereocenters. The summed E-state index contributed by atoms with van der Waals surface area (Å²) in [6, 6.07) is 3.35. The summed E-state index contributed by atoms with van der Waals surface area (Å²) in [6.45, 7) is 1.04. The molecule has 1 unspecified atom stereocenters. The van der Waals surface area contributed by atoms with Crippen LogP contribution < -0.4 is 10.5 Å². The fourth-order valence-electron chi connectivity index (χ4n) is 2.00. The van der Waals surface area contributed by atoms with Gasteiger partial charge in [0, 0.05) is 13.2 Å². The molecule has 7 heteroatoms. The first-order valence-corrected chi connectivity index (χ1v) is 7.63. The minimum Gasteiger partial charge on any atom is -0.396 e. The fourth-order valence-corrected chi connectivity index (χ4v) is 3.08. The smallest absolute Gasteiger partial charge is 0.240 e. The van der Waals surface area contributed by atoms with E-state index in [0.29, 0.717) is 13.0 Å². The van der Waals surface area contributed by atoms with Gasteiger partial charge in [0.1, 0.15) is 5.82 Å². The van der Waals surface area contributed by atoms with Crippen LogP contribution in [0.5, 0.6) is 0 Å². The van der Waals surface area contributed by atoms with E-state index in [2.05, 4.69) is 4.72 Å². The SMILES string of the molecule is Nc1cc(S(=O)(=O)NCCC2CCCO2)ccc1F. The highest BCUT2D eigenvalue weighted by molar-refractivity contribution is 7.89. The van der Waals surface area contributed by atoms with Gasteiger partial charge < -0.3 is 10.5 Å². The van der Waals surface area contributed by atoms with Crippen molar-refractivity contribution < 1.29 is 17.5 Å². The summed E-state index contributed by atoms with van der Waals surface area (Å²) in [7, 11) is -3.64. The molecule has 1 aromatic carbocycles. The van der Waals surface area contributed by atoms with Gasteiger partial charge in [0.2, 0.25) is 10.0 Å². The molecule has 0 aromatic heterocycles. The Hall–Kier alpha value is -1.18. The van der Waals surface area contributed by atoms with Crippen LogP contribution in [0, 0.1) is 5.82 Å². The molecule has 0 bridgehead atoms. The second kappa shape index (κ2) is 5.85. The fraction of sp³-hybridized carbons (Fsp3) is 0.500. The zero-order chi connectivity index (χ0) is 13.9. The van der Waals surface area contributed by atoms with Crippen molar-refractivity contribution in [1.82, 2.24) is 4.72 Å². The summed E-state index contributed by atoms with van der Waals surface area (Å²) < 4.78 is 44.7. The van der Waals surface area contributed by atoms with E-state index in [4.69, 9.17) is 10.5 Å². The minimum atomic E-state index is -3.64. The van der Waals surface area contributed by atoms with Crippen molar-refractivity contribution >= 4 is 15.7 Å². The Bertz CT molecular complexity index is 542. The van der Waals surface area contributed by atoms with Gasteiger partial charge >= 0.3 is 0 Å². The van der Waals surface area contributed by atoms with Gasteiger partial charge in [-0.15, -0.1) is 0 Å². The lowest BCUT2D eigenvalue weighted by atomic mass is 10.2. The predicted molar refractivity (Wildman–Crippen MR) is 69.6 cm³/mol. The van der Waals surface area contributed by atoms with Crippen molar-refractivity contribution in [3.8, 4) is 0 Å². The van der Waals surface area contributed by atoms with Gasteiger partial charge in [0.05, 0.1) is 16.7 Å². The normalized spacial score (nSPS) is 19.7. The Balaban J connectivity index is 1.95. The van der Waals surface area contributed by atoms with Crippen molar-refractivity contribution in [3.63, 3.8) is 0 Å². The van der Waals surface area contributed by atoms with Crippen LogP contribution in [0.4, 0.5) is 10.1 Å². The average molecular weight is 288 g/mol. The molecule has 1 aliphatic rings. The third-order valence-electron chi connectivity index (χ3n) is 3.06. The van der Waals surface area contributed by atoms with E-state index in [1.54, 1.807) is 0 Å². The van der Waals surface area contributed by atoms with Crippen LogP contribution in [-0.4, -0.2) is 27.7 Å². The first-order chi connectivity index (χ1) is 8.99. The molecule has 1 saturated heterocycles. The first-order valence-electron chi connectivity index (χ1n) is 6.15. The number of nitrogens with two attached hydrogens (primary N) is 1. The summed E-state index contributed by atoms with van der Waals surface area (Å²) in [4.78, 5) is -0.0289. The quantitative estimate of drug-likeness (QED) is 0.799. The Morgan fingerprint density at radius 2 is 2.26 bits per heavy atom. The van der Waals surface area contributed by atoms with Gasteiger partial charge in [-0.3, -0.25) is 0 Å². The summed E-state index contributed by atoms with van der Waals surface area (Å²) in [6.07, 6.45) is 2.74. The van der Waals surface area contributed by atoms with Gasteiger partial charge in [-0.05, 0) is 37.5 Å². The van der Waals surface area contributed by atoms with Crippen LogP contribution in [0.1, 0.15) is 19.3 Å². The van der Waals surface area contributed by atoms with Crippen molar-refractivity contribution in [2.24, 2.45) is 0 Å². The predicted octanol–water partition coefficient (Wildman–Crippen LogP) is 1.26. The van der Waals surface area contributed by atoms with Crippen LogP contribution in [0.15, 0.2) is 23.1 Å². The average Bonchev–Trinajstić information content (AvgIpc) is 2.85. The van der Waals surface area contributed by atoms with Crippen LogP contribution in [0.25, 0.3) is 0 Å². The van der Waals surface area contributed by atoms with Gasteiger partial charge in [-0.1, -0.05) is 0 Å². The van der Waals surface area contributed by atoms with Gasteiger partial charge in [-0.25, -0.2) is 17.5 Å². The standard InChI is InChI=1S/C12H17FN2O3S/c13-11-4-3-10(8-12(11)14)19(16,17)15-6-5-9-2-1-7-18-9/h3-4,8-9,15H,1-2,5-7,14H2. The van der Waals surface area contributed by atoms with E-state index in [-0.39, 0.29) is 16.7 Å². The van der Waals surface area contributed by atoms with Crippen LogP contribution in [-0.2, 0) is 14.8 Å². The zero-order valence-electron chi connectivity index (χ0n) is 10.4. The molecule has 0 spiro atoms. The minimum absolute atomic E-state index is 0.0289. The molecular weight excluding hydrogens is 271 g/mol. The maximum Gasteiger partial charge on any atom is 0.240 e. The Labute approximate surface area is 112 Å². The molecule has 0 saturated carbocycles. The van der Waals surface area contributed by atoms with E-state index in [1.165, 1.54) is 6.07 Å². The van der Waals surface area contributed by atoms with E-state index in [9.17, 15) is 12.8 Å². The lowest BCUT2D eigenvalue weighted by Crippen LogP contribution is -2.27. The number of sulfonamides is 1. The van der Waals surface area contributed by atoms with Crippen LogP contribution in [0.3, 0.4) is 0 Å². The molecule has 1 aliphatic heterocycles. The molecule has 0 aliphatic carbocycles. The number of benzene rings is 1. The van der Waals surface area contributed by atoms with Crippen LogP contribution >= 0.6 is 0 Å². The second-order valence-electron chi connectivity index (χ2n) is 4.50. The molecule has 106 valence electrons. The molecule has 1 aromatic rings. The number of hydrogen-bond donors (Lipinski definition) is 2. The highest BCUT2D eigenvalue weighted by Gasteiger charge is 2.18. The Morgan fingerprint density at radius 1 is 1.47 bits per heavy atom.